The van der Waals surface area contributed by atoms with E-state index in [0.29, 0.717) is 28.8 Å². The number of esters is 1. The minimum Gasteiger partial charge on any atom is -0.461 e. The second-order valence-corrected chi connectivity index (χ2v) is 5.08. The summed E-state index contributed by atoms with van der Waals surface area (Å²) < 4.78 is 29.1. The van der Waals surface area contributed by atoms with Crippen molar-refractivity contribution in [2.45, 2.75) is 10.7 Å². The predicted molar refractivity (Wildman–Crippen MR) is 67.0 cm³/mol. The lowest BCUT2D eigenvalue weighted by Gasteiger charge is -2.04. The Kier molecular flexibility index (Phi) is 6.36. The first-order valence-electron chi connectivity index (χ1n) is 4.84. The van der Waals surface area contributed by atoms with Crippen LogP contribution in [0.2, 0.25) is 0 Å². The second kappa shape index (κ2) is 7.55. The van der Waals surface area contributed by atoms with Crippen LogP contribution in [0.3, 0.4) is 0 Å². The van der Waals surface area contributed by atoms with Crippen LogP contribution in [0.25, 0.3) is 0 Å². The third-order valence-corrected chi connectivity index (χ3v) is 3.13. The molecule has 0 N–H and O–H groups in total. The summed E-state index contributed by atoms with van der Waals surface area (Å²) in [5.74, 6) is -2.13. The van der Waals surface area contributed by atoms with Crippen molar-refractivity contribution in [3.8, 4) is 0 Å². The van der Waals surface area contributed by atoms with Crippen LogP contribution >= 0.6 is 23.5 Å². The van der Waals surface area contributed by atoms with E-state index >= 15 is 0 Å². The predicted octanol–water partition coefficient (Wildman–Crippen LogP) is 3.52. The zero-order chi connectivity index (χ0) is 12.7. The van der Waals surface area contributed by atoms with Crippen LogP contribution in [0.5, 0.6) is 0 Å². The molecule has 2 nitrogen and oxygen atoms in total. The van der Waals surface area contributed by atoms with E-state index in [1.807, 2.05) is 6.26 Å². The van der Waals surface area contributed by atoms with Gasteiger partial charge in [0.1, 0.15) is 6.61 Å². The van der Waals surface area contributed by atoms with Crippen LogP contribution < -0.4 is 0 Å². The molecule has 0 aliphatic heterocycles. The maximum atomic E-state index is 12.1. The van der Waals surface area contributed by atoms with Gasteiger partial charge in [0.05, 0.1) is 5.56 Å². The Balaban J connectivity index is 2.52. The van der Waals surface area contributed by atoms with Gasteiger partial charge in [0.15, 0.2) is 0 Å². The highest BCUT2D eigenvalue weighted by atomic mass is 32.2. The van der Waals surface area contributed by atoms with Crippen LogP contribution in [-0.4, -0.2) is 30.3 Å². The van der Waals surface area contributed by atoms with E-state index in [1.165, 1.54) is 24.3 Å². The van der Waals surface area contributed by atoms with Gasteiger partial charge in [-0.2, -0.15) is 20.5 Å². The van der Waals surface area contributed by atoms with E-state index in [9.17, 15) is 13.6 Å². The molecule has 1 aromatic carbocycles. The van der Waals surface area contributed by atoms with Crippen molar-refractivity contribution in [2.75, 3.05) is 18.6 Å². The Morgan fingerprint density at radius 2 is 2.00 bits per heavy atom. The third kappa shape index (κ3) is 5.41. The Hall–Kier alpha value is -0.750. The molecule has 0 bridgehead atoms. The average Bonchev–Trinajstić information content (AvgIpc) is 2.29. The monoisotopic (exact) mass is 278 g/mol. The number of carbonyl (C=O) groups is 1. The van der Waals surface area contributed by atoms with Gasteiger partial charge in [-0.25, -0.2) is 4.79 Å². The number of hydrogen-bond acceptors (Lipinski definition) is 4. The highest BCUT2D eigenvalue weighted by Crippen LogP contribution is 2.25. The van der Waals surface area contributed by atoms with Crippen LogP contribution in [0.15, 0.2) is 29.2 Å². The average molecular weight is 278 g/mol. The number of alkyl halides is 2. The molecule has 94 valence electrons. The smallest absolute Gasteiger partial charge is 0.338 e. The van der Waals surface area contributed by atoms with Crippen molar-refractivity contribution in [3.63, 3.8) is 0 Å². The first-order valence-corrected chi connectivity index (χ1v) is 7.11. The molecule has 0 aliphatic rings. The van der Waals surface area contributed by atoms with E-state index in [-0.39, 0.29) is 0 Å². The van der Waals surface area contributed by atoms with Gasteiger partial charge in [0.25, 0.3) is 5.76 Å². The van der Waals surface area contributed by atoms with Crippen molar-refractivity contribution >= 4 is 29.5 Å². The van der Waals surface area contributed by atoms with Gasteiger partial charge in [-0.1, -0.05) is 11.8 Å². The number of thioether (sulfide) groups is 2. The van der Waals surface area contributed by atoms with Crippen molar-refractivity contribution in [3.05, 3.63) is 29.8 Å². The van der Waals surface area contributed by atoms with Gasteiger partial charge >= 0.3 is 5.97 Å². The molecule has 0 aliphatic carbocycles. The van der Waals surface area contributed by atoms with Gasteiger partial charge in [-0.05, 0) is 30.5 Å². The van der Waals surface area contributed by atoms with E-state index in [4.69, 9.17) is 4.74 Å². The molecule has 1 rings (SSSR count). The number of hydrogen-bond donors (Lipinski definition) is 0. The standard InChI is InChI=1S/C11H12F2O2S2/c1-16-7-6-15-10(14)8-2-4-9(5-3-8)17-11(12)13/h2-5,11H,6-7H2,1H3. The summed E-state index contributed by atoms with van der Waals surface area (Å²) in [7, 11) is 0. The highest BCUT2D eigenvalue weighted by Gasteiger charge is 2.09. The van der Waals surface area contributed by atoms with Crippen molar-refractivity contribution in [1.29, 1.82) is 0 Å². The maximum absolute atomic E-state index is 12.1. The Bertz CT molecular complexity index is 355. The van der Waals surface area contributed by atoms with Crippen molar-refractivity contribution in [1.82, 2.24) is 0 Å². The maximum Gasteiger partial charge on any atom is 0.338 e. The number of halogens is 2. The van der Waals surface area contributed by atoms with Gasteiger partial charge in [-0.15, -0.1) is 0 Å². The largest absolute Gasteiger partial charge is 0.461 e. The third-order valence-electron chi connectivity index (χ3n) is 1.84. The molecule has 0 amide bonds. The molecule has 0 spiro atoms. The lowest BCUT2D eigenvalue weighted by molar-refractivity contribution is 0.0530. The van der Waals surface area contributed by atoms with Crippen LogP contribution in [0.1, 0.15) is 10.4 Å². The number of carbonyl (C=O) groups excluding carboxylic acids is 1. The molecular formula is C11H12F2O2S2. The fraction of sp³-hybridized carbons (Fsp3) is 0.364. The lowest BCUT2D eigenvalue weighted by Crippen LogP contribution is -2.07. The Morgan fingerprint density at radius 1 is 1.35 bits per heavy atom. The quantitative estimate of drug-likeness (QED) is 0.452. The molecule has 0 saturated carbocycles. The van der Waals surface area contributed by atoms with Gasteiger partial charge in [0, 0.05) is 10.6 Å². The van der Waals surface area contributed by atoms with Crippen molar-refractivity contribution in [2.24, 2.45) is 0 Å². The van der Waals surface area contributed by atoms with E-state index in [1.54, 1.807) is 11.8 Å². The molecule has 0 fully saturated rings. The molecule has 0 aromatic heterocycles. The van der Waals surface area contributed by atoms with Gasteiger partial charge in [-0.3, -0.25) is 0 Å². The summed E-state index contributed by atoms with van der Waals surface area (Å²) in [5, 5.41) is 0. The topological polar surface area (TPSA) is 26.3 Å². The number of rotatable bonds is 6. The summed E-state index contributed by atoms with van der Waals surface area (Å²) in [6.07, 6.45) is 1.92. The zero-order valence-corrected chi connectivity index (χ0v) is 10.8. The normalized spacial score (nSPS) is 10.6. The van der Waals surface area contributed by atoms with Gasteiger partial charge in [0.2, 0.25) is 0 Å². The van der Waals surface area contributed by atoms with Gasteiger partial charge < -0.3 is 4.74 Å². The molecular weight excluding hydrogens is 266 g/mol. The first kappa shape index (κ1) is 14.3. The van der Waals surface area contributed by atoms with Crippen molar-refractivity contribution < 1.29 is 18.3 Å². The van der Waals surface area contributed by atoms with E-state index in [0.717, 1.165) is 5.75 Å². The minimum absolute atomic E-state index is 0.355. The van der Waals surface area contributed by atoms with Crippen LogP contribution in [0, 0.1) is 0 Å². The summed E-state index contributed by atoms with van der Waals surface area (Å²) in [4.78, 5) is 11.9. The summed E-state index contributed by atoms with van der Waals surface area (Å²) in [6, 6.07) is 5.96. The SMILES string of the molecule is CSCCOC(=O)c1ccc(SC(F)F)cc1. The first-order chi connectivity index (χ1) is 8.13. The zero-order valence-electron chi connectivity index (χ0n) is 9.19. The molecule has 0 saturated heterocycles. The van der Waals surface area contributed by atoms with Crippen LogP contribution in [-0.2, 0) is 4.74 Å². The molecule has 6 heteroatoms. The molecule has 1 aromatic rings. The summed E-state index contributed by atoms with van der Waals surface area (Å²) >= 11 is 2.04. The molecule has 0 heterocycles. The lowest BCUT2D eigenvalue weighted by atomic mass is 10.2. The number of ether oxygens (including phenoxy) is 1. The fourth-order valence-corrected chi connectivity index (χ4v) is 1.82. The van der Waals surface area contributed by atoms with Crippen LogP contribution in [0.4, 0.5) is 8.78 Å². The van der Waals surface area contributed by atoms with E-state index in [2.05, 4.69) is 0 Å². The number of benzene rings is 1. The summed E-state index contributed by atoms with van der Waals surface area (Å²) in [6.45, 7) is 0.355. The minimum atomic E-state index is -2.45. The molecule has 0 atom stereocenters. The Morgan fingerprint density at radius 3 is 2.53 bits per heavy atom. The molecule has 0 unspecified atom stereocenters. The summed E-state index contributed by atoms with van der Waals surface area (Å²) in [5.41, 5.74) is 0.379. The Labute approximate surface area is 107 Å². The molecule has 17 heavy (non-hydrogen) atoms. The van der Waals surface area contributed by atoms with E-state index < -0.39 is 11.7 Å². The fourth-order valence-electron chi connectivity index (χ4n) is 1.07. The molecule has 0 radical (unpaired) electrons. The highest BCUT2D eigenvalue weighted by molar-refractivity contribution is 7.99. The second-order valence-electron chi connectivity index (χ2n) is 3.03.